The van der Waals surface area contributed by atoms with E-state index in [9.17, 15) is 0 Å². The Morgan fingerprint density at radius 3 is 2.68 bits per heavy atom. The third-order valence-electron chi connectivity index (χ3n) is 2.90. The highest BCUT2D eigenvalue weighted by Crippen LogP contribution is 2.32. The second kappa shape index (κ2) is 4.51. The number of hydrogen-bond donors (Lipinski definition) is 1. The first-order valence-electron chi connectivity index (χ1n) is 5.58. The maximum Gasteiger partial charge on any atom is 0.374 e. The van der Waals surface area contributed by atoms with Crippen molar-refractivity contribution in [3.05, 3.63) is 47.7 Å². The van der Waals surface area contributed by atoms with Crippen molar-refractivity contribution in [2.45, 2.75) is 0 Å². The third kappa shape index (κ3) is 2.02. The summed E-state index contributed by atoms with van der Waals surface area (Å²) >= 11 is 6.17. The number of nitrogen functional groups attached to an aromatic ring is 1. The Kier molecular flexibility index (Phi) is 2.83. The minimum atomic E-state index is 0.499. The molecule has 0 fully saturated rings. The number of aromatic nitrogens is 2. The van der Waals surface area contributed by atoms with Gasteiger partial charge in [-0.3, -0.25) is 0 Å². The van der Waals surface area contributed by atoms with E-state index in [1.165, 1.54) is 0 Å². The molecule has 0 aliphatic rings. The lowest BCUT2D eigenvalue weighted by Gasteiger charge is -2.09. The Hall–Kier alpha value is -2.14. The second-order valence-corrected chi connectivity index (χ2v) is 4.52. The van der Waals surface area contributed by atoms with E-state index in [0.717, 1.165) is 16.6 Å². The van der Waals surface area contributed by atoms with Gasteiger partial charge in [0.1, 0.15) is 5.75 Å². The molecule has 1 aromatic carbocycles. The number of fused-ring (bicyclic) bond motifs is 1. The number of anilines is 1. The van der Waals surface area contributed by atoms with Gasteiger partial charge < -0.3 is 10.4 Å². The molecule has 2 radical (unpaired) electrons. The minimum absolute atomic E-state index is 0.499. The fourth-order valence-electron chi connectivity index (χ4n) is 2.01. The van der Waals surface area contributed by atoms with Gasteiger partial charge in [0.05, 0.1) is 22.9 Å². The summed E-state index contributed by atoms with van der Waals surface area (Å²) in [5, 5.41) is 4.72. The van der Waals surface area contributed by atoms with Crippen molar-refractivity contribution in [1.29, 1.82) is 0 Å². The maximum absolute atomic E-state index is 6.17. The normalized spacial score (nSPS) is 10.8. The number of hydrogen-bond acceptors (Lipinski definition) is 3. The van der Waals surface area contributed by atoms with Gasteiger partial charge in [-0.1, -0.05) is 23.7 Å². The molecule has 0 bridgehead atoms. The molecule has 3 aromatic rings. The van der Waals surface area contributed by atoms with Crippen molar-refractivity contribution >= 4 is 30.9 Å². The number of halogens is 1. The zero-order chi connectivity index (χ0) is 13.4. The molecule has 19 heavy (non-hydrogen) atoms. The van der Waals surface area contributed by atoms with Gasteiger partial charge in [-0.05, 0) is 23.8 Å². The van der Waals surface area contributed by atoms with Crippen molar-refractivity contribution < 1.29 is 4.65 Å². The lowest BCUT2D eigenvalue weighted by molar-refractivity contribution is 0.608. The van der Waals surface area contributed by atoms with Gasteiger partial charge in [0, 0.05) is 11.3 Å². The molecule has 3 rings (SSSR count). The summed E-state index contributed by atoms with van der Waals surface area (Å²) in [4.78, 5) is 0. The van der Waals surface area contributed by atoms with Crippen molar-refractivity contribution in [2.24, 2.45) is 0 Å². The number of rotatable bonds is 2. The maximum atomic E-state index is 6.17. The molecule has 0 aliphatic carbocycles. The zero-order valence-electron chi connectivity index (χ0n) is 9.88. The Balaban J connectivity index is 2.31. The van der Waals surface area contributed by atoms with Crippen LogP contribution in [0.2, 0.25) is 5.02 Å². The summed E-state index contributed by atoms with van der Waals surface area (Å²) in [5.74, 6) is 0.499. The van der Waals surface area contributed by atoms with Gasteiger partial charge in [0.15, 0.2) is 0 Å². The van der Waals surface area contributed by atoms with Crippen LogP contribution in [0.4, 0.5) is 5.69 Å². The van der Waals surface area contributed by atoms with Crippen LogP contribution in [0.1, 0.15) is 0 Å². The topological polar surface area (TPSA) is 52.5 Å². The van der Waals surface area contributed by atoms with Gasteiger partial charge in [-0.15, -0.1) is 0 Å². The first-order chi connectivity index (χ1) is 9.19. The van der Waals surface area contributed by atoms with E-state index in [1.54, 1.807) is 16.9 Å². The van der Waals surface area contributed by atoms with Crippen molar-refractivity contribution in [1.82, 2.24) is 9.61 Å². The van der Waals surface area contributed by atoms with Gasteiger partial charge in [0.25, 0.3) is 0 Å². The third-order valence-corrected chi connectivity index (χ3v) is 3.18. The Bertz CT molecular complexity index is 739. The van der Waals surface area contributed by atoms with Crippen LogP contribution < -0.4 is 10.4 Å². The number of pyridine rings is 1. The largest absolute Gasteiger partial charge is 0.567 e. The summed E-state index contributed by atoms with van der Waals surface area (Å²) in [6.07, 6.45) is 3.25. The Labute approximate surface area is 116 Å². The van der Waals surface area contributed by atoms with Crippen LogP contribution in [0.25, 0.3) is 16.6 Å². The number of benzene rings is 1. The van der Waals surface area contributed by atoms with Crippen LogP contribution in [-0.2, 0) is 0 Å². The first kappa shape index (κ1) is 11.9. The minimum Gasteiger partial charge on any atom is -0.567 e. The highest BCUT2D eigenvalue weighted by atomic mass is 35.5. The van der Waals surface area contributed by atoms with E-state index in [0.29, 0.717) is 16.5 Å². The van der Waals surface area contributed by atoms with E-state index >= 15 is 0 Å². The SMILES string of the molecule is [B]Oc1cc(-c2ccc(N)cc2)c2c(Cl)cnn2c1. The summed E-state index contributed by atoms with van der Waals surface area (Å²) < 4.78 is 6.42. The van der Waals surface area contributed by atoms with Gasteiger partial charge >= 0.3 is 8.05 Å². The first-order valence-corrected chi connectivity index (χ1v) is 5.96. The summed E-state index contributed by atoms with van der Waals surface area (Å²) in [7, 11) is 5.22. The standard InChI is InChI=1S/C13H9BClN3O/c14-19-10-5-11(8-1-3-9(16)4-2-8)13-12(15)6-17-18(13)7-10/h1-7H,16H2. The van der Waals surface area contributed by atoms with Crippen LogP contribution in [0.5, 0.6) is 5.75 Å². The van der Waals surface area contributed by atoms with Crippen molar-refractivity contribution in [3.8, 4) is 16.9 Å². The van der Waals surface area contributed by atoms with Crippen LogP contribution >= 0.6 is 11.6 Å². The second-order valence-electron chi connectivity index (χ2n) is 4.12. The predicted octanol–water partition coefficient (Wildman–Crippen LogP) is 2.70. The Morgan fingerprint density at radius 1 is 1.26 bits per heavy atom. The average molecular weight is 270 g/mol. The molecular formula is C13H9BClN3O. The molecule has 0 saturated heterocycles. The summed E-state index contributed by atoms with van der Waals surface area (Å²) in [5.41, 5.74) is 9.03. The smallest absolute Gasteiger partial charge is 0.374 e. The predicted molar refractivity (Wildman–Crippen MR) is 76.4 cm³/mol. The number of nitrogens with two attached hydrogens (primary N) is 1. The quantitative estimate of drug-likeness (QED) is 0.575. The molecule has 92 valence electrons. The lowest BCUT2D eigenvalue weighted by Crippen LogP contribution is -1.94. The summed E-state index contributed by atoms with van der Waals surface area (Å²) in [6.45, 7) is 0. The highest BCUT2D eigenvalue weighted by Gasteiger charge is 2.11. The van der Waals surface area contributed by atoms with Gasteiger partial charge in [0.2, 0.25) is 0 Å². The van der Waals surface area contributed by atoms with Crippen molar-refractivity contribution in [2.75, 3.05) is 5.73 Å². The molecule has 0 saturated carbocycles. The average Bonchev–Trinajstić information content (AvgIpc) is 2.80. The van der Waals surface area contributed by atoms with E-state index in [4.69, 9.17) is 30.0 Å². The lowest BCUT2D eigenvalue weighted by atomic mass is 10.0. The molecule has 2 aromatic heterocycles. The molecule has 2 N–H and O–H groups in total. The molecule has 6 heteroatoms. The van der Waals surface area contributed by atoms with Crippen LogP contribution in [-0.4, -0.2) is 17.7 Å². The van der Waals surface area contributed by atoms with E-state index in [1.807, 2.05) is 30.3 Å². The van der Waals surface area contributed by atoms with Gasteiger partial charge in [-0.2, -0.15) is 5.10 Å². The molecular weight excluding hydrogens is 260 g/mol. The molecule has 0 unspecified atom stereocenters. The van der Waals surface area contributed by atoms with E-state index in [2.05, 4.69) is 5.10 Å². The molecule has 4 nitrogen and oxygen atoms in total. The fraction of sp³-hybridized carbons (Fsp3) is 0. The monoisotopic (exact) mass is 269 g/mol. The zero-order valence-corrected chi connectivity index (χ0v) is 10.6. The summed E-state index contributed by atoms with van der Waals surface area (Å²) in [6, 6.07) is 9.29. The molecule has 0 aliphatic heterocycles. The van der Waals surface area contributed by atoms with Crippen molar-refractivity contribution in [3.63, 3.8) is 0 Å². The molecule has 0 atom stereocenters. The van der Waals surface area contributed by atoms with E-state index in [-0.39, 0.29) is 0 Å². The molecule has 0 spiro atoms. The van der Waals surface area contributed by atoms with Crippen LogP contribution in [0, 0.1) is 0 Å². The van der Waals surface area contributed by atoms with E-state index < -0.39 is 0 Å². The number of nitrogens with zero attached hydrogens (tertiary/aromatic N) is 2. The Morgan fingerprint density at radius 2 is 2.00 bits per heavy atom. The van der Waals surface area contributed by atoms with Crippen LogP contribution in [0.15, 0.2) is 42.7 Å². The fourth-order valence-corrected chi connectivity index (χ4v) is 2.24. The van der Waals surface area contributed by atoms with Crippen LogP contribution in [0.3, 0.4) is 0 Å². The molecule has 2 heterocycles. The highest BCUT2D eigenvalue weighted by molar-refractivity contribution is 6.34. The molecule has 0 amide bonds. The van der Waals surface area contributed by atoms with Gasteiger partial charge in [-0.25, -0.2) is 4.52 Å².